The number of alkyl halides is 3. The van der Waals surface area contributed by atoms with Crippen LogP contribution in [0.5, 0.6) is 0 Å². The Morgan fingerprint density at radius 1 is 1.20 bits per heavy atom. The average molecular weight is 567 g/mol. The molecule has 13 heteroatoms. The molecule has 6 rings (SSSR count). The summed E-state index contributed by atoms with van der Waals surface area (Å²) in [7, 11) is 0. The molecule has 0 radical (unpaired) electrons. The highest BCUT2D eigenvalue weighted by Crippen LogP contribution is 2.43. The third-order valence-corrected chi connectivity index (χ3v) is 7.91. The second-order valence-electron chi connectivity index (χ2n) is 10.9. The van der Waals surface area contributed by atoms with Gasteiger partial charge < -0.3 is 15.0 Å². The molecule has 10 nitrogen and oxygen atoms in total. The maximum absolute atomic E-state index is 13.0. The Morgan fingerprint density at radius 2 is 1.95 bits per heavy atom. The Bertz CT molecular complexity index is 1560. The number of fused-ring (bicyclic) bond motifs is 2. The number of allylic oxidation sites excluding steroid dienone is 1. The number of rotatable bonds is 4. The molecule has 1 aromatic heterocycles. The number of nitrogens with two attached hydrogens (primary N) is 1. The highest BCUT2D eigenvalue weighted by molar-refractivity contribution is 6.05. The van der Waals surface area contributed by atoms with E-state index < -0.39 is 23.2 Å². The maximum Gasteiger partial charge on any atom is 0.416 e. The number of nitrogens with one attached hydrogen (secondary N) is 1. The van der Waals surface area contributed by atoms with Crippen molar-refractivity contribution < 1.29 is 32.1 Å². The predicted octanol–water partition coefficient (Wildman–Crippen LogP) is 4.58. The molecule has 4 aliphatic heterocycles. The zero-order valence-electron chi connectivity index (χ0n) is 22.2. The van der Waals surface area contributed by atoms with Crippen molar-refractivity contribution in [1.82, 2.24) is 9.88 Å². The summed E-state index contributed by atoms with van der Waals surface area (Å²) in [5.74, 6) is 6.45. The standard InChI is InChI=1S/C28H26F3N7O3/c1-27(2)21-8-7-18(15-37(21)26(40)41-27)23-20-14-33-11-12-38(20,32)24(36-23)16-3-5-17(6-4-16)25(39)35-22-13-19(9-10-34-22)28(29,30)31/h3-6,9-14,18,21H,7-8,15,32H2,1-2H3/p+1/t18-,21+,38?/m1/s1. The number of carbonyl (C=O) groups excluding carboxylic acids is 2. The minimum absolute atomic E-state index is 0.0106. The van der Waals surface area contributed by atoms with Gasteiger partial charge in [0.05, 0.1) is 29.6 Å². The van der Waals surface area contributed by atoms with Gasteiger partial charge in [-0.1, -0.05) is 0 Å². The molecule has 41 heavy (non-hydrogen) atoms. The van der Waals surface area contributed by atoms with E-state index >= 15 is 0 Å². The Balaban J connectivity index is 1.24. The number of halogens is 3. The van der Waals surface area contributed by atoms with Crippen molar-refractivity contribution in [2.24, 2.45) is 21.7 Å². The molecular weight excluding hydrogens is 539 g/mol. The van der Waals surface area contributed by atoms with Crippen LogP contribution in [0.15, 0.2) is 76.4 Å². The van der Waals surface area contributed by atoms with Gasteiger partial charge in [0, 0.05) is 24.2 Å². The molecule has 0 aliphatic carbocycles. The van der Waals surface area contributed by atoms with Crippen LogP contribution in [0.1, 0.15) is 48.2 Å². The monoisotopic (exact) mass is 566 g/mol. The molecule has 1 unspecified atom stereocenters. The zero-order chi connectivity index (χ0) is 29.2. The number of benzene rings is 1. The van der Waals surface area contributed by atoms with Crippen molar-refractivity contribution in [1.29, 1.82) is 0 Å². The fourth-order valence-electron chi connectivity index (χ4n) is 5.81. The molecule has 5 heterocycles. The van der Waals surface area contributed by atoms with Gasteiger partial charge in [0.25, 0.3) is 11.7 Å². The van der Waals surface area contributed by atoms with Crippen LogP contribution in [0.4, 0.5) is 23.8 Å². The van der Waals surface area contributed by atoms with E-state index in [9.17, 15) is 22.8 Å². The van der Waals surface area contributed by atoms with Gasteiger partial charge in [0.15, 0.2) is 0 Å². The van der Waals surface area contributed by atoms with Crippen LogP contribution in [0.2, 0.25) is 0 Å². The molecule has 3 atom stereocenters. The number of pyridine rings is 1. The number of carbonyl (C=O) groups is 2. The SMILES string of the molecule is CC1(C)OC(=O)N2C[C@H](C3=C4C=NC=C[N+]4(N)C(c4ccc(C(=O)Nc5cc(C(F)(F)F)ccn5)cc4)=N3)CC[C@H]21. The first-order chi connectivity index (χ1) is 19.4. The van der Waals surface area contributed by atoms with E-state index in [-0.39, 0.29) is 34.0 Å². The maximum atomic E-state index is 13.0. The minimum atomic E-state index is -4.56. The summed E-state index contributed by atoms with van der Waals surface area (Å²) in [6, 6.07) is 8.04. The number of hydrogen-bond donors (Lipinski definition) is 2. The van der Waals surface area contributed by atoms with Crippen LogP contribution in [0, 0.1) is 5.92 Å². The Morgan fingerprint density at radius 3 is 2.68 bits per heavy atom. The Hall–Kier alpha value is -4.36. The van der Waals surface area contributed by atoms with Gasteiger partial charge >= 0.3 is 12.3 Å². The van der Waals surface area contributed by atoms with Crippen molar-refractivity contribution in [3.8, 4) is 0 Å². The zero-order valence-corrected chi connectivity index (χ0v) is 22.2. The number of quaternary nitrogens is 1. The van der Waals surface area contributed by atoms with Crippen molar-refractivity contribution in [3.63, 3.8) is 0 Å². The molecule has 212 valence electrons. The lowest BCUT2D eigenvalue weighted by atomic mass is 9.84. The lowest BCUT2D eigenvalue weighted by Gasteiger charge is -2.36. The first-order valence-electron chi connectivity index (χ1n) is 13.0. The van der Waals surface area contributed by atoms with Crippen LogP contribution >= 0.6 is 0 Å². The molecule has 2 aromatic rings. The first kappa shape index (κ1) is 26.8. The molecule has 0 saturated carbocycles. The van der Waals surface area contributed by atoms with Crippen molar-refractivity contribution in [3.05, 3.63) is 83.1 Å². The molecule has 2 saturated heterocycles. The largest absolute Gasteiger partial charge is 0.441 e. The van der Waals surface area contributed by atoms with Gasteiger partial charge in [-0.3, -0.25) is 9.79 Å². The molecule has 3 N–H and O–H groups in total. The van der Waals surface area contributed by atoms with E-state index in [0.29, 0.717) is 23.6 Å². The number of cyclic esters (lactones) is 1. The molecule has 2 fully saturated rings. The van der Waals surface area contributed by atoms with Crippen molar-refractivity contribution in [2.45, 2.75) is 44.5 Å². The highest BCUT2D eigenvalue weighted by atomic mass is 19.4. The number of hydrogen-bond acceptors (Lipinski definition) is 7. The Labute approximate surface area is 233 Å². The summed E-state index contributed by atoms with van der Waals surface area (Å²) in [6.45, 7) is 4.29. The van der Waals surface area contributed by atoms with E-state index in [1.807, 2.05) is 13.8 Å². The minimum Gasteiger partial charge on any atom is -0.441 e. The molecule has 2 amide bonds. The van der Waals surface area contributed by atoms with E-state index in [1.54, 1.807) is 47.8 Å². The quantitative estimate of drug-likeness (QED) is 0.415. The van der Waals surface area contributed by atoms with Gasteiger partial charge in [0.2, 0.25) is 5.70 Å². The number of amides is 2. The van der Waals surface area contributed by atoms with Crippen LogP contribution in [0.25, 0.3) is 0 Å². The third kappa shape index (κ3) is 4.60. The van der Waals surface area contributed by atoms with Crippen molar-refractivity contribution >= 4 is 29.9 Å². The highest BCUT2D eigenvalue weighted by Gasteiger charge is 2.53. The lowest BCUT2D eigenvalue weighted by molar-refractivity contribution is -0.750. The number of amidine groups is 1. The summed E-state index contributed by atoms with van der Waals surface area (Å²) in [5, 5.41) is 2.40. The summed E-state index contributed by atoms with van der Waals surface area (Å²) >= 11 is 0. The molecule has 1 aromatic carbocycles. The summed E-state index contributed by atoms with van der Waals surface area (Å²) < 4.78 is 44.4. The Kier molecular flexibility index (Phi) is 6.12. The fourth-order valence-corrected chi connectivity index (χ4v) is 5.81. The van der Waals surface area contributed by atoms with Crippen LogP contribution < -0.4 is 11.2 Å². The molecule has 0 bridgehead atoms. The van der Waals surface area contributed by atoms with Gasteiger partial charge in [-0.25, -0.2) is 9.78 Å². The number of aromatic nitrogens is 1. The van der Waals surface area contributed by atoms with Gasteiger partial charge in [-0.05, 0) is 63.1 Å². The number of nitrogens with zero attached hydrogens (tertiary/aromatic N) is 5. The number of piperidine rings is 1. The second kappa shape index (κ2) is 9.35. The summed E-state index contributed by atoms with van der Waals surface area (Å²) in [5.41, 5.74) is 0.819. The molecule has 4 aliphatic rings. The normalized spacial score (nSPS) is 26.4. The van der Waals surface area contributed by atoms with E-state index in [4.69, 9.17) is 15.6 Å². The average Bonchev–Trinajstić information content (AvgIpc) is 3.37. The lowest BCUT2D eigenvalue weighted by Crippen LogP contribution is -2.53. The van der Waals surface area contributed by atoms with Gasteiger partial charge in [-0.15, -0.1) is 4.59 Å². The summed E-state index contributed by atoms with van der Waals surface area (Å²) in [6.07, 6.45) is 2.61. The van der Waals surface area contributed by atoms with Crippen LogP contribution in [-0.2, 0) is 10.9 Å². The first-order valence-corrected chi connectivity index (χ1v) is 13.0. The third-order valence-electron chi connectivity index (χ3n) is 7.91. The van der Waals surface area contributed by atoms with Crippen LogP contribution in [0.3, 0.4) is 0 Å². The van der Waals surface area contributed by atoms with Crippen LogP contribution in [-0.4, -0.2) is 56.7 Å². The smallest absolute Gasteiger partial charge is 0.416 e. The van der Waals surface area contributed by atoms with Gasteiger partial charge in [-0.2, -0.15) is 24.0 Å². The number of ether oxygens (including phenoxy) is 1. The predicted molar refractivity (Wildman–Crippen MR) is 143 cm³/mol. The van der Waals surface area contributed by atoms with Gasteiger partial charge in [0.1, 0.15) is 23.3 Å². The molecular formula is C28H27F3N7O3+. The van der Waals surface area contributed by atoms with E-state index in [0.717, 1.165) is 36.9 Å². The summed E-state index contributed by atoms with van der Waals surface area (Å²) in [4.78, 5) is 40.1. The van der Waals surface area contributed by atoms with E-state index in [1.165, 1.54) is 0 Å². The van der Waals surface area contributed by atoms with Crippen molar-refractivity contribution in [2.75, 3.05) is 11.9 Å². The molecule has 0 spiro atoms. The number of anilines is 1. The fraction of sp³-hybridized carbons (Fsp3) is 0.321. The number of aliphatic imine (C=N–C) groups is 2. The topological polar surface area (TPSA) is 122 Å². The van der Waals surface area contributed by atoms with E-state index in [2.05, 4.69) is 15.3 Å². The second-order valence-corrected chi connectivity index (χ2v) is 10.9.